The van der Waals surface area contributed by atoms with Crippen molar-refractivity contribution in [2.75, 3.05) is 0 Å². The number of nitrogens with zero attached hydrogens (tertiary/aromatic N) is 2. The Bertz CT molecular complexity index is 1150. The zero-order chi connectivity index (χ0) is 21.3. The summed E-state index contributed by atoms with van der Waals surface area (Å²) < 4.78 is 10.4. The Balaban J connectivity index is 1.46. The van der Waals surface area contributed by atoms with E-state index in [1.165, 1.54) is 48.7 Å². The van der Waals surface area contributed by atoms with Crippen LogP contribution >= 0.6 is 0 Å². The fraction of sp³-hybridized carbons (Fsp3) is 0.0952. The molecule has 30 heavy (non-hydrogen) atoms. The van der Waals surface area contributed by atoms with Crippen LogP contribution in [0.1, 0.15) is 42.4 Å². The highest BCUT2D eigenvalue weighted by atomic mass is 16.6. The molecule has 1 aliphatic rings. The lowest BCUT2D eigenvalue weighted by molar-refractivity contribution is -0.384. The van der Waals surface area contributed by atoms with E-state index < -0.39 is 22.7 Å². The molecule has 0 aliphatic carbocycles. The average Bonchev–Trinajstić information content (AvgIpc) is 3.35. The normalized spacial score (nSPS) is 12.7. The molecule has 150 valence electrons. The molecule has 0 unspecified atom stereocenters. The molecule has 1 aliphatic heterocycles. The summed E-state index contributed by atoms with van der Waals surface area (Å²) in [6.45, 7) is -0.0926. The number of ether oxygens (including phenoxy) is 1. The van der Waals surface area contributed by atoms with Crippen molar-refractivity contribution in [3.8, 4) is 0 Å². The molecule has 0 saturated carbocycles. The van der Waals surface area contributed by atoms with Crippen LogP contribution < -0.4 is 0 Å². The smallest absolute Gasteiger partial charge is 0.338 e. The van der Waals surface area contributed by atoms with Gasteiger partial charge in [-0.2, -0.15) is 0 Å². The maximum Gasteiger partial charge on any atom is 0.338 e. The van der Waals surface area contributed by atoms with Crippen LogP contribution in [-0.2, 0) is 17.9 Å². The number of imide groups is 1. The topological polar surface area (TPSA) is 120 Å². The van der Waals surface area contributed by atoms with Crippen LogP contribution in [0.25, 0.3) is 0 Å². The van der Waals surface area contributed by atoms with E-state index in [2.05, 4.69) is 0 Å². The first-order chi connectivity index (χ1) is 14.4. The molecular weight excluding hydrogens is 392 g/mol. The fourth-order valence-corrected chi connectivity index (χ4v) is 3.07. The molecule has 4 rings (SSSR count). The molecule has 0 fully saturated rings. The van der Waals surface area contributed by atoms with Gasteiger partial charge >= 0.3 is 5.97 Å². The van der Waals surface area contributed by atoms with Crippen LogP contribution in [0.3, 0.4) is 0 Å². The Kier molecular flexibility index (Phi) is 4.85. The van der Waals surface area contributed by atoms with Crippen LogP contribution in [0.15, 0.2) is 65.3 Å². The number of carbonyl (C=O) groups excluding carboxylic acids is 3. The molecule has 9 heteroatoms. The highest BCUT2D eigenvalue weighted by molar-refractivity contribution is 6.21. The number of nitro groups is 1. The number of benzene rings is 2. The lowest BCUT2D eigenvalue weighted by Crippen LogP contribution is -2.28. The summed E-state index contributed by atoms with van der Waals surface area (Å²) in [7, 11) is 0. The van der Waals surface area contributed by atoms with Gasteiger partial charge in [0.1, 0.15) is 12.4 Å². The van der Waals surface area contributed by atoms with Gasteiger partial charge in [0.25, 0.3) is 17.5 Å². The molecule has 0 radical (unpaired) electrons. The molecule has 0 atom stereocenters. The third kappa shape index (κ3) is 3.55. The summed E-state index contributed by atoms with van der Waals surface area (Å²) in [5, 5.41) is 10.7. The van der Waals surface area contributed by atoms with Crippen molar-refractivity contribution in [3.63, 3.8) is 0 Å². The van der Waals surface area contributed by atoms with Gasteiger partial charge in [0.05, 0.1) is 34.4 Å². The zero-order valence-corrected chi connectivity index (χ0v) is 15.4. The number of rotatable bonds is 6. The lowest BCUT2D eigenvalue weighted by atomic mass is 10.1. The Morgan fingerprint density at radius 2 is 1.77 bits per heavy atom. The SMILES string of the molecule is O=C(OCc1ccc([N+](=O)[O-])cc1)c1ccc2c(c1)C(=O)N(Cc1ccco1)C2=O. The summed E-state index contributed by atoms with van der Waals surface area (Å²) in [6.07, 6.45) is 1.45. The molecule has 0 bridgehead atoms. The first-order valence-electron chi connectivity index (χ1n) is 8.87. The van der Waals surface area contributed by atoms with Gasteiger partial charge in [-0.3, -0.25) is 24.6 Å². The molecule has 0 saturated heterocycles. The number of amides is 2. The van der Waals surface area contributed by atoms with Crippen molar-refractivity contribution in [2.45, 2.75) is 13.2 Å². The number of furan rings is 1. The minimum atomic E-state index is -0.680. The van der Waals surface area contributed by atoms with Gasteiger partial charge in [-0.25, -0.2) is 4.79 Å². The quantitative estimate of drug-likeness (QED) is 0.266. The number of fused-ring (bicyclic) bond motifs is 1. The van der Waals surface area contributed by atoms with Crippen molar-refractivity contribution in [1.82, 2.24) is 4.90 Å². The Morgan fingerprint density at radius 1 is 1.03 bits per heavy atom. The number of carbonyl (C=O) groups is 3. The molecule has 2 heterocycles. The second kappa shape index (κ2) is 7.63. The van der Waals surface area contributed by atoms with Gasteiger partial charge < -0.3 is 9.15 Å². The van der Waals surface area contributed by atoms with Gasteiger partial charge in [-0.05, 0) is 48.0 Å². The van der Waals surface area contributed by atoms with Crippen LogP contribution in [-0.4, -0.2) is 27.6 Å². The molecule has 2 amide bonds. The Morgan fingerprint density at radius 3 is 2.43 bits per heavy atom. The summed E-state index contributed by atoms with van der Waals surface area (Å²) in [5.74, 6) is -1.19. The van der Waals surface area contributed by atoms with Crippen molar-refractivity contribution in [3.05, 3.63) is 99.0 Å². The molecule has 3 aromatic rings. The molecule has 1 aromatic heterocycles. The summed E-state index contributed by atoms with van der Waals surface area (Å²) in [5.41, 5.74) is 0.962. The van der Waals surface area contributed by atoms with Crippen LogP contribution in [0.4, 0.5) is 5.69 Å². The Hall–Kier alpha value is -4.27. The summed E-state index contributed by atoms with van der Waals surface area (Å²) in [4.78, 5) is 48.7. The van der Waals surface area contributed by atoms with E-state index in [0.717, 1.165) is 4.90 Å². The molecule has 2 aromatic carbocycles. The van der Waals surface area contributed by atoms with Gasteiger partial charge in [0, 0.05) is 12.1 Å². The highest BCUT2D eigenvalue weighted by Crippen LogP contribution is 2.26. The van der Waals surface area contributed by atoms with Gasteiger partial charge in [-0.1, -0.05) is 0 Å². The fourth-order valence-electron chi connectivity index (χ4n) is 3.07. The van der Waals surface area contributed by atoms with Crippen molar-refractivity contribution < 1.29 is 28.5 Å². The van der Waals surface area contributed by atoms with E-state index in [9.17, 15) is 24.5 Å². The van der Waals surface area contributed by atoms with Gasteiger partial charge in [0.2, 0.25) is 0 Å². The predicted octanol–water partition coefficient (Wildman–Crippen LogP) is 3.34. The van der Waals surface area contributed by atoms with E-state index >= 15 is 0 Å². The van der Waals surface area contributed by atoms with Crippen LogP contribution in [0.5, 0.6) is 0 Å². The number of hydrogen-bond donors (Lipinski definition) is 0. The zero-order valence-electron chi connectivity index (χ0n) is 15.4. The number of esters is 1. The van der Waals surface area contributed by atoms with Gasteiger partial charge in [0.15, 0.2) is 0 Å². The monoisotopic (exact) mass is 406 g/mol. The molecule has 0 N–H and O–H groups in total. The first-order valence-corrected chi connectivity index (χ1v) is 8.87. The average molecular weight is 406 g/mol. The summed E-state index contributed by atoms with van der Waals surface area (Å²) >= 11 is 0. The number of hydrogen-bond acceptors (Lipinski definition) is 7. The second-order valence-corrected chi connectivity index (χ2v) is 6.54. The summed E-state index contributed by atoms with van der Waals surface area (Å²) in [6, 6.07) is 13.1. The largest absolute Gasteiger partial charge is 0.467 e. The van der Waals surface area contributed by atoms with Crippen molar-refractivity contribution in [2.24, 2.45) is 0 Å². The van der Waals surface area contributed by atoms with E-state index in [-0.39, 0.29) is 35.5 Å². The van der Waals surface area contributed by atoms with Gasteiger partial charge in [-0.15, -0.1) is 0 Å². The Labute approximate surface area is 169 Å². The van der Waals surface area contributed by atoms with E-state index in [0.29, 0.717) is 11.3 Å². The minimum absolute atomic E-state index is 0.000724. The maximum atomic E-state index is 12.6. The molecular formula is C21H14N2O7. The molecule has 9 nitrogen and oxygen atoms in total. The van der Waals surface area contributed by atoms with E-state index in [1.54, 1.807) is 12.1 Å². The van der Waals surface area contributed by atoms with Crippen molar-refractivity contribution in [1.29, 1.82) is 0 Å². The van der Waals surface area contributed by atoms with Crippen LogP contribution in [0.2, 0.25) is 0 Å². The standard InChI is InChI=1S/C21H14N2O7/c24-19-17-8-5-14(10-18(17)20(25)22(19)11-16-2-1-9-29-16)21(26)30-12-13-3-6-15(7-4-13)23(27)28/h1-10H,11-12H2. The third-order valence-corrected chi connectivity index (χ3v) is 4.62. The molecule has 0 spiro atoms. The second-order valence-electron chi connectivity index (χ2n) is 6.54. The third-order valence-electron chi connectivity index (χ3n) is 4.62. The number of nitro benzene ring substituents is 1. The lowest BCUT2D eigenvalue weighted by Gasteiger charge is -2.11. The maximum absolute atomic E-state index is 12.6. The minimum Gasteiger partial charge on any atom is -0.467 e. The highest BCUT2D eigenvalue weighted by Gasteiger charge is 2.36. The van der Waals surface area contributed by atoms with E-state index in [1.807, 2.05) is 0 Å². The first kappa shape index (κ1) is 19.1. The van der Waals surface area contributed by atoms with Crippen LogP contribution in [0, 0.1) is 10.1 Å². The van der Waals surface area contributed by atoms with E-state index in [4.69, 9.17) is 9.15 Å². The predicted molar refractivity (Wildman–Crippen MR) is 102 cm³/mol. The number of non-ortho nitro benzene ring substituents is 1. The van der Waals surface area contributed by atoms with Crippen molar-refractivity contribution >= 4 is 23.5 Å².